The Balaban J connectivity index is 2.07. The Labute approximate surface area is 126 Å². The smallest absolute Gasteiger partial charge is 0.130 e. The molecular formula is C15H24Cl2N2. The Bertz CT molecular complexity index is 428. The lowest BCUT2D eigenvalue weighted by Gasteiger charge is -2.33. The third-order valence-electron chi connectivity index (χ3n) is 4.43. The Morgan fingerprint density at radius 1 is 1.37 bits per heavy atom. The fraction of sp³-hybridized carbons (Fsp3) is 0.800. The van der Waals surface area contributed by atoms with Gasteiger partial charge in [0.15, 0.2) is 0 Å². The molecule has 0 radical (unpaired) electrons. The van der Waals surface area contributed by atoms with Gasteiger partial charge in [0, 0.05) is 18.0 Å². The van der Waals surface area contributed by atoms with E-state index in [-0.39, 0.29) is 0 Å². The molecule has 0 aromatic carbocycles. The predicted octanol–water partition coefficient (Wildman–Crippen LogP) is 4.75. The van der Waals surface area contributed by atoms with Crippen LogP contribution in [0.4, 0.5) is 0 Å². The van der Waals surface area contributed by atoms with Gasteiger partial charge in [-0.25, -0.2) is 0 Å². The van der Waals surface area contributed by atoms with Crippen LogP contribution in [0.15, 0.2) is 0 Å². The molecular weight excluding hydrogens is 279 g/mol. The van der Waals surface area contributed by atoms with Crippen molar-refractivity contribution >= 4 is 23.2 Å². The van der Waals surface area contributed by atoms with Crippen LogP contribution < -0.4 is 0 Å². The number of alkyl halides is 1. The van der Waals surface area contributed by atoms with Crippen molar-refractivity contribution in [3.05, 3.63) is 16.4 Å². The lowest BCUT2D eigenvalue weighted by molar-refractivity contribution is 0.257. The summed E-state index contributed by atoms with van der Waals surface area (Å²) in [6.45, 7) is 4.31. The summed E-state index contributed by atoms with van der Waals surface area (Å²) in [5.41, 5.74) is 2.24. The van der Waals surface area contributed by atoms with Gasteiger partial charge in [-0.1, -0.05) is 31.4 Å². The molecule has 0 amide bonds. The highest BCUT2D eigenvalue weighted by molar-refractivity contribution is 6.30. The molecule has 108 valence electrons. The molecule has 3 unspecified atom stereocenters. The summed E-state index contributed by atoms with van der Waals surface area (Å²) in [4.78, 5) is 0. The number of aryl methyl sites for hydroxylation is 2. The van der Waals surface area contributed by atoms with Crippen LogP contribution in [-0.4, -0.2) is 15.2 Å². The summed E-state index contributed by atoms with van der Waals surface area (Å²) in [6, 6.07) is 0. The van der Waals surface area contributed by atoms with Gasteiger partial charge in [-0.2, -0.15) is 5.10 Å². The van der Waals surface area contributed by atoms with Crippen molar-refractivity contribution in [2.45, 2.75) is 57.7 Å². The molecule has 1 saturated carbocycles. The van der Waals surface area contributed by atoms with Gasteiger partial charge in [0.25, 0.3) is 0 Å². The molecule has 0 spiro atoms. The molecule has 1 fully saturated rings. The molecule has 19 heavy (non-hydrogen) atoms. The lowest BCUT2D eigenvalue weighted by Crippen LogP contribution is -2.27. The van der Waals surface area contributed by atoms with E-state index in [1.807, 2.05) is 14.0 Å². The number of rotatable bonds is 4. The Hall–Kier alpha value is -0.210. The van der Waals surface area contributed by atoms with Crippen molar-refractivity contribution in [2.24, 2.45) is 18.9 Å². The fourth-order valence-electron chi connectivity index (χ4n) is 3.37. The third kappa shape index (κ3) is 3.46. The highest BCUT2D eigenvalue weighted by atomic mass is 35.5. The number of halogens is 2. The number of aromatic nitrogens is 2. The van der Waals surface area contributed by atoms with E-state index in [1.54, 1.807) is 4.68 Å². The van der Waals surface area contributed by atoms with Gasteiger partial charge in [-0.15, -0.1) is 11.6 Å². The van der Waals surface area contributed by atoms with Crippen molar-refractivity contribution < 1.29 is 0 Å². The van der Waals surface area contributed by atoms with Gasteiger partial charge in [0.05, 0.1) is 5.69 Å². The summed E-state index contributed by atoms with van der Waals surface area (Å²) >= 11 is 12.9. The second kappa shape index (κ2) is 6.49. The summed E-state index contributed by atoms with van der Waals surface area (Å²) in [5.74, 6) is 1.40. The van der Waals surface area contributed by atoms with Gasteiger partial charge < -0.3 is 0 Å². The summed E-state index contributed by atoms with van der Waals surface area (Å²) < 4.78 is 1.77. The van der Waals surface area contributed by atoms with Crippen LogP contribution in [0.2, 0.25) is 5.15 Å². The third-order valence-corrected chi connectivity index (χ3v) is 5.48. The minimum absolute atomic E-state index is 0.295. The second-order valence-electron chi connectivity index (χ2n) is 5.93. The zero-order chi connectivity index (χ0) is 14.0. The van der Waals surface area contributed by atoms with E-state index in [2.05, 4.69) is 12.0 Å². The number of nitrogens with zero attached hydrogens (tertiary/aromatic N) is 2. The SMILES string of the molecule is CCCC1CCC(Cl)C(Cc2c(C)nn(C)c2Cl)C1. The first-order valence-corrected chi connectivity index (χ1v) is 8.16. The minimum Gasteiger partial charge on any atom is -0.257 e. The van der Waals surface area contributed by atoms with E-state index in [0.717, 1.165) is 29.6 Å². The zero-order valence-electron chi connectivity index (χ0n) is 12.1. The van der Waals surface area contributed by atoms with Crippen molar-refractivity contribution in [2.75, 3.05) is 0 Å². The summed E-state index contributed by atoms with van der Waals surface area (Å²) in [7, 11) is 1.90. The maximum Gasteiger partial charge on any atom is 0.130 e. The van der Waals surface area contributed by atoms with Crippen molar-refractivity contribution in [3.63, 3.8) is 0 Å². The van der Waals surface area contributed by atoms with Crippen molar-refractivity contribution in [3.8, 4) is 0 Å². The molecule has 1 aromatic heterocycles. The van der Waals surface area contributed by atoms with E-state index in [0.29, 0.717) is 11.3 Å². The van der Waals surface area contributed by atoms with Gasteiger partial charge in [-0.05, 0) is 44.4 Å². The first kappa shape index (κ1) is 15.2. The molecule has 0 saturated heterocycles. The standard InChI is InChI=1S/C15H24Cl2N2/c1-4-5-11-6-7-14(16)12(8-11)9-13-10(2)18-19(3)15(13)17/h11-12,14H,4-9H2,1-3H3. The predicted molar refractivity (Wildman–Crippen MR) is 82.0 cm³/mol. The molecule has 0 bridgehead atoms. The normalized spacial score (nSPS) is 27.7. The van der Waals surface area contributed by atoms with Gasteiger partial charge >= 0.3 is 0 Å². The van der Waals surface area contributed by atoms with Crippen LogP contribution in [0.1, 0.15) is 50.3 Å². The minimum atomic E-state index is 0.295. The summed E-state index contributed by atoms with van der Waals surface area (Å²) in [5, 5.41) is 5.47. The first-order valence-electron chi connectivity index (χ1n) is 7.35. The van der Waals surface area contributed by atoms with Crippen LogP contribution in [-0.2, 0) is 13.5 Å². The van der Waals surface area contributed by atoms with Gasteiger partial charge in [0.2, 0.25) is 0 Å². The second-order valence-corrected chi connectivity index (χ2v) is 6.84. The molecule has 1 aliphatic rings. The maximum absolute atomic E-state index is 6.54. The quantitative estimate of drug-likeness (QED) is 0.734. The van der Waals surface area contributed by atoms with E-state index in [1.165, 1.54) is 31.2 Å². The monoisotopic (exact) mass is 302 g/mol. The van der Waals surface area contributed by atoms with Crippen LogP contribution >= 0.6 is 23.2 Å². The molecule has 1 heterocycles. The zero-order valence-corrected chi connectivity index (χ0v) is 13.6. The van der Waals surface area contributed by atoms with Gasteiger partial charge in [-0.3, -0.25) is 4.68 Å². The molecule has 1 aliphatic carbocycles. The van der Waals surface area contributed by atoms with Crippen LogP contribution in [0.3, 0.4) is 0 Å². The average Bonchev–Trinajstić information content (AvgIpc) is 2.60. The largest absolute Gasteiger partial charge is 0.257 e. The first-order chi connectivity index (χ1) is 9.02. The summed E-state index contributed by atoms with van der Waals surface area (Å²) in [6.07, 6.45) is 7.27. The molecule has 0 aliphatic heterocycles. The van der Waals surface area contributed by atoms with E-state index in [9.17, 15) is 0 Å². The molecule has 2 nitrogen and oxygen atoms in total. The molecule has 3 atom stereocenters. The topological polar surface area (TPSA) is 17.8 Å². The maximum atomic E-state index is 6.54. The fourth-order valence-corrected chi connectivity index (χ4v) is 3.94. The number of hydrogen-bond donors (Lipinski definition) is 0. The Morgan fingerprint density at radius 2 is 2.11 bits per heavy atom. The molecule has 4 heteroatoms. The highest BCUT2D eigenvalue weighted by Crippen LogP contribution is 2.38. The molecule has 2 rings (SSSR count). The average molecular weight is 303 g/mol. The molecule has 1 aromatic rings. The molecule has 0 N–H and O–H groups in total. The lowest BCUT2D eigenvalue weighted by atomic mass is 9.76. The van der Waals surface area contributed by atoms with Gasteiger partial charge in [0.1, 0.15) is 5.15 Å². The highest BCUT2D eigenvalue weighted by Gasteiger charge is 2.30. The van der Waals surface area contributed by atoms with E-state index < -0.39 is 0 Å². The Morgan fingerprint density at radius 3 is 2.68 bits per heavy atom. The van der Waals surface area contributed by atoms with E-state index >= 15 is 0 Å². The van der Waals surface area contributed by atoms with Crippen LogP contribution in [0.25, 0.3) is 0 Å². The Kier molecular flexibility index (Phi) is 5.19. The van der Waals surface area contributed by atoms with Crippen molar-refractivity contribution in [1.29, 1.82) is 0 Å². The van der Waals surface area contributed by atoms with Crippen LogP contribution in [0.5, 0.6) is 0 Å². The van der Waals surface area contributed by atoms with Crippen molar-refractivity contribution in [1.82, 2.24) is 9.78 Å². The van der Waals surface area contributed by atoms with E-state index in [4.69, 9.17) is 23.2 Å². The number of hydrogen-bond acceptors (Lipinski definition) is 1. The van der Waals surface area contributed by atoms with Crippen LogP contribution in [0, 0.1) is 18.8 Å².